The van der Waals surface area contributed by atoms with Crippen molar-refractivity contribution < 1.29 is 9.78 Å². The van der Waals surface area contributed by atoms with Crippen LogP contribution in [0.4, 0.5) is 0 Å². The lowest BCUT2D eigenvalue weighted by molar-refractivity contribution is -0.390. The van der Waals surface area contributed by atoms with E-state index in [2.05, 4.69) is 24.1 Å². The minimum Gasteiger partial charge on any atom is -0.342 e. The number of carbonyl (C=O) groups is 1. The lowest BCUT2D eigenvalue weighted by atomic mass is 10.0. The zero-order valence-electron chi connectivity index (χ0n) is 11.3. The average Bonchev–Trinajstić information content (AvgIpc) is 2.46. The maximum atomic E-state index is 12.0. The summed E-state index contributed by atoms with van der Waals surface area (Å²) in [5.41, 5.74) is 2.92. The quantitative estimate of drug-likeness (QED) is 0.896. The van der Waals surface area contributed by atoms with Crippen LogP contribution >= 0.6 is 0 Å². The lowest BCUT2D eigenvalue weighted by Crippen LogP contribution is -2.26. The van der Waals surface area contributed by atoms with Gasteiger partial charge in [0, 0.05) is 17.7 Å². The zero-order chi connectivity index (χ0) is 13.7. The topological polar surface area (TPSA) is 43.2 Å². The highest BCUT2D eigenvalue weighted by molar-refractivity contribution is 5.94. The van der Waals surface area contributed by atoms with E-state index < -0.39 is 0 Å². The second-order valence-electron chi connectivity index (χ2n) is 4.85. The molecule has 1 aromatic carbocycles. The van der Waals surface area contributed by atoms with Gasteiger partial charge in [-0.2, -0.15) is 0 Å². The van der Waals surface area contributed by atoms with E-state index in [4.69, 9.17) is 0 Å². The first-order valence-electron chi connectivity index (χ1n) is 6.50. The summed E-state index contributed by atoms with van der Waals surface area (Å²) in [6, 6.07) is 13.6. The van der Waals surface area contributed by atoms with Crippen molar-refractivity contribution in [3.05, 3.63) is 65.5 Å². The maximum absolute atomic E-state index is 12.0. The van der Waals surface area contributed by atoms with Crippen LogP contribution in [-0.4, -0.2) is 5.91 Å². The van der Waals surface area contributed by atoms with Gasteiger partial charge < -0.3 is 5.32 Å². The number of pyridine rings is 1. The van der Waals surface area contributed by atoms with Crippen LogP contribution in [-0.2, 0) is 6.54 Å². The number of nitrogens with one attached hydrogen (secondary N) is 2. The molecule has 1 amide bonds. The van der Waals surface area contributed by atoms with E-state index in [1.807, 2.05) is 48.7 Å². The number of hydrogen-bond donors (Lipinski definition) is 1. The third-order valence-corrected chi connectivity index (χ3v) is 3.05. The number of carbonyl (C=O) groups excluding carboxylic acids is 1. The molecule has 0 aliphatic carbocycles. The Balaban J connectivity index is 1.96. The number of H-pyrrole nitrogens is 1. The van der Waals surface area contributed by atoms with E-state index in [1.165, 1.54) is 5.56 Å². The van der Waals surface area contributed by atoms with Gasteiger partial charge in [-0.3, -0.25) is 4.79 Å². The fourth-order valence-corrected chi connectivity index (χ4v) is 1.84. The molecule has 0 fully saturated rings. The van der Waals surface area contributed by atoms with Gasteiger partial charge in [-0.25, -0.2) is 4.98 Å². The molecule has 98 valence electrons. The van der Waals surface area contributed by atoms with Gasteiger partial charge in [-0.05, 0) is 23.6 Å². The van der Waals surface area contributed by atoms with Gasteiger partial charge in [-0.15, -0.1) is 0 Å². The molecule has 0 saturated carbocycles. The third-order valence-electron chi connectivity index (χ3n) is 3.05. The van der Waals surface area contributed by atoms with Gasteiger partial charge in [0.25, 0.3) is 5.91 Å². The van der Waals surface area contributed by atoms with Crippen LogP contribution in [0.5, 0.6) is 0 Å². The van der Waals surface area contributed by atoms with E-state index in [0.717, 1.165) is 5.69 Å². The first kappa shape index (κ1) is 13.3. The number of aromatic amines is 1. The number of rotatable bonds is 4. The Morgan fingerprint density at radius 1 is 1.16 bits per heavy atom. The second kappa shape index (κ2) is 6.14. The summed E-state index contributed by atoms with van der Waals surface area (Å²) < 4.78 is 0. The molecule has 19 heavy (non-hydrogen) atoms. The van der Waals surface area contributed by atoms with E-state index in [0.29, 0.717) is 18.0 Å². The molecule has 1 aromatic heterocycles. The zero-order valence-corrected chi connectivity index (χ0v) is 11.3. The predicted octanol–water partition coefficient (Wildman–Crippen LogP) is 2.55. The summed E-state index contributed by atoms with van der Waals surface area (Å²) in [7, 11) is 0. The Labute approximate surface area is 113 Å². The van der Waals surface area contributed by atoms with E-state index >= 15 is 0 Å². The first-order chi connectivity index (χ1) is 9.16. The van der Waals surface area contributed by atoms with E-state index in [-0.39, 0.29) is 5.91 Å². The fraction of sp³-hybridized carbons (Fsp3) is 0.250. The molecule has 0 spiro atoms. The lowest BCUT2D eigenvalue weighted by Gasteiger charge is -2.07. The van der Waals surface area contributed by atoms with Crippen molar-refractivity contribution in [3.8, 4) is 0 Å². The SMILES string of the molecule is CC(C)c1ccc(C(=O)NCc2cccc[nH+]2)cc1. The standard InChI is InChI=1S/C16H18N2O/c1-12(2)13-6-8-14(9-7-13)16(19)18-11-15-5-3-4-10-17-15/h3-10,12H,11H2,1-2H3,(H,18,19)/p+1. The monoisotopic (exact) mass is 255 g/mol. The Bertz CT molecular complexity index is 532. The number of amides is 1. The van der Waals surface area contributed by atoms with Crippen molar-refractivity contribution in [2.75, 3.05) is 0 Å². The highest BCUT2D eigenvalue weighted by Crippen LogP contribution is 2.14. The Hall–Kier alpha value is -2.16. The summed E-state index contributed by atoms with van der Waals surface area (Å²) in [6.45, 7) is 4.78. The van der Waals surface area contributed by atoms with Gasteiger partial charge in [0.2, 0.25) is 0 Å². The number of hydrogen-bond acceptors (Lipinski definition) is 1. The fourth-order valence-electron chi connectivity index (χ4n) is 1.84. The van der Waals surface area contributed by atoms with Crippen LogP contribution in [0.25, 0.3) is 0 Å². The minimum absolute atomic E-state index is 0.0486. The summed E-state index contributed by atoms with van der Waals surface area (Å²) >= 11 is 0. The van der Waals surface area contributed by atoms with Gasteiger partial charge in [0.1, 0.15) is 6.54 Å². The summed E-state index contributed by atoms with van der Waals surface area (Å²) in [6.07, 6.45) is 1.85. The van der Waals surface area contributed by atoms with Gasteiger partial charge in [0.05, 0.1) is 0 Å². The highest BCUT2D eigenvalue weighted by atomic mass is 16.1. The summed E-state index contributed by atoms with van der Waals surface area (Å²) in [4.78, 5) is 15.1. The number of aromatic nitrogens is 1. The molecule has 3 heteroatoms. The van der Waals surface area contributed by atoms with Crippen LogP contribution in [0.15, 0.2) is 48.7 Å². The van der Waals surface area contributed by atoms with Crippen LogP contribution in [0.1, 0.15) is 41.4 Å². The first-order valence-corrected chi connectivity index (χ1v) is 6.50. The molecule has 2 N–H and O–H groups in total. The molecular formula is C16H19N2O+. The van der Waals surface area contributed by atoms with Gasteiger partial charge >= 0.3 is 0 Å². The molecule has 0 radical (unpaired) electrons. The van der Waals surface area contributed by atoms with Crippen molar-refractivity contribution in [1.82, 2.24) is 5.32 Å². The molecule has 2 rings (SSSR count). The predicted molar refractivity (Wildman–Crippen MR) is 74.7 cm³/mol. The molecule has 2 aromatic rings. The molecule has 0 unspecified atom stereocenters. The minimum atomic E-state index is -0.0486. The van der Waals surface area contributed by atoms with Gasteiger partial charge in [0.15, 0.2) is 11.9 Å². The summed E-state index contributed by atoms with van der Waals surface area (Å²) in [5, 5.41) is 2.89. The van der Waals surface area contributed by atoms with Crippen LogP contribution in [0, 0.1) is 0 Å². The summed E-state index contributed by atoms with van der Waals surface area (Å²) in [5.74, 6) is 0.434. The molecule has 0 saturated heterocycles. The normalized spacial score (nSPS) is 10.5. The Morgan fingerprint density at radius 2 is 1.89 bits per heavy atom. The highest BCUT2D eigenvalue weighted by Gasteiger charge is 2.07. The molecule has 1 heterocycles. The average molecular weight is 255 g/mol. The van der Waals surface area contributed by atoms with Crippen molar-refractivity contribution in [3.63, 3.8) is 0 Å². The maximum Gasteiger partial charge on any atom is 0.251 e. The second-order valence-corrected chi connectivity index (χ2v) is 4.85. The molecule has 0 aliphatic rings. The molecule has 0 aliphatic heterocycles. The van der Waals surface area contributed by atoms with Crippen molar-refractivity contribution in [2.24, 2.45) is 0 Å². The largest absolute Gasteiger partial charge is 0.342 e. The molecule has 0 bridgehead atoms. The molecular weight excluding hydrogens is 236 g/mol. The van der Waals surface area contributed by atoms with Gasteiger partial charge in [-0.1, -0.05) is 32.0 Å². The van der Waals surface area contributed by atoms with Crippen molar-refractivity contribution >= 4 is 5.91 Å². The van der Waals surface area contributed by atoms with E-state index in [9.17, 15) is 4.79 Å². The molecule has 3 nitrogen and oxygen atoms in total. The number of benzene rings is 1. The Morgan fingerprint density at radius 3 is 2.47 bits per heavy atom. The third kappa shape index (κ3) is 3.65. The van der Waals surface area contributed by atoms with E-state index in [1.54, 1.807) is 0 Å². The van der Waals surface area contributed by atoms with Crippen LogP contribution < -0.4 is 10.3 Å². The molecule has 0 atom stereocenters. The van der Waals surface area contributed by atoms with Crippen LogP contribution in [0.2, 0.25) is 0 Å². The van der Waals surface area contributed by atoms with Crippen molar-refractivity contribution in [2.45, 2.75) is 26.3 Å². The van der Waals surface area contributed by atoms with Crippen molar-refractivity contribution in [1.29, 1.82) is 0 Å². The smallest absolute Gasteiger partial charge is 0.251 e. The Kier molecular flexibility index (Phi) is 4.29. The van der Waals surface area contributed by atoms with Crippen LogP contribution in [0.3, 0.4) is 0 Å².